The minimum Gasteiger partial charge on any atom is -0.389 e. The van der Waals surface area contributed by atoms with Gasteiger partial charge in [-0.2, -0.15) is 0 Å². The summed E-state index contributed by atoms with van der Waals surface area (Å²) in [6, 6.07) is 4.15. The molecule has 5 heteroatoms. The Morgan fingerprint density at radius 1 is 1.65 bits per heavy atom. The number of hydrogen-bond acceptors (Lipinski definition) is 4. The quantitative estimate of drug-likeness (QED) is 0.795. The van der Waals surface area contributed by atoms with E-state index in [9.17, 15) is 0 Å². The number of hydrogen-bond donors (Lipinski definition) is 2. The number of thiocarbonyl (C=S) groups is 1. The molecule has 2 atom stereocenters. The van der Waals surface area contributed by atoms with Crippen LogP contribution in [0.2, 0.25) is 0 Å². The van der Waals surface area contributed by atoms with Crippen LogP contribution in [0.5, 0.6) is 0 Å². The highest BCUT2D eigenvalue weighted by atomic mass is 32.1. The third kappa shape index (κ3) is 3.14. The first-order valence-electron chi connectivity index (χ1n) is 5.77. The smallest absolute Gasteiger partial charge is 0.126 e. The van der Waals surface area contributed by atoms with E-state index in [0.717, 1.165) is 31.0 Å². The van der Waals surface area contributed by atoms with Gasteiger partial charge in [-0.05, 0) is 25.5 Å². The molecular weight excluding hydrogens is 234 g/mol. The van der Waals surface area contributed by atoms with Crippen LogP contribution in [0.4, 0.5) is 5.82 Å². The molecule has 17 heavy (non-hydrogen) atoms. The second-order valence-electron chi connectivity index (χ2n) is 4.35. The van der Waals surface area contributed by atoms with Gasteiger partial charge in [-0.3, -0.25) is 0 Å². The van der Waals surface area contributed by atoms with Crippen molar-refractivity contribution in [1.82, 2.24) is 4.98 Å². The van der Waals surface area contributed by atoms with Gasteiger partial charge in [-0.1, -0.05) is 12.2 Å². The number of nitrogens with zero attached hydrogens (tertiary/aromatic N) is 1. The SMILES string of the molecule is CC(Nc1ccc(C(N)=S)cn1)C1CCOC1. The molecule has 1 aliphatic rings. The van der Waals surface area contributed by atoms with Gasteiger partial charge in [0.05, 0.1) is 6.61 Å². The zero-order chi connectivity index (χ0) is 12.3. The first-order valence-corrected chi connectivity index (χ1v) is 6.18. The van der Waals surface area contributed by atoms with E-state index in [-0.39, 0.29) is 0 Å². The highest BCUT2D eigenvalue weighted by molar-refractivity contribution is 7.80. The topological polar surface area (TPSA) is 60.2 Å². The number of nitrogens with two attached hydrogens (primary N) is 1. The molecule has 2 heterocycles. The van der Waals surface area contributed by atoms with Crippen molar-refractivity contribution in [2.75, 3.05) is 18.5 Å². The maximum absolute atomic E-state index is 5.52. The van der Waals surface area contributed by atoms with Crippen LogP contribution in [0.3, 0.4) is 0 Å². The van der Waals surface area contributed by atoms with Gasteiger partial charge in [-0.25, -0.2) is 4.98 Å². The predicted molar refractivity (Wildman–Crippen MR) is 72.1 cm³/mol. The molecule has 0 radical (unpaired) electrons. The summed E-state index contributed by atoms with van der Waals surface area (Å²) in [5.41, 5.74) is 6.31. The van der Waals surface area contributed by atoms with Crippen LogP contribution in [0.15, 0.2) is 18.3 Å². The third-order valence-electron chi connectivity index (χ3n) is 3.10. The summed E-state index contributed by atoms with van der Waals surface area (Å²) in [6.07, 6.45) is 2.81. The molecule has 1 saturated heterocycles. The minimum atomic E-state index is 0.362. The van der Waals surface area contributed by atoms with Crippen LogP contribution in [0.25, 0.3) is 0 Å². The van der Waals surface area contributed by atoms with Crippen molar-refractivity contribution >= 4 is 23.0 Å². The van der Waals surface area contributed by atoms with E-state index in [1.54, 1.807) is 6.20 Å². The maximum atomic E-state index is 5.52. The fraction of sp³-hybridized carbons (Fsp3) is 0.500. The Hall–Kier alpha value is -1.20. The average molecular weight is 251 g/mol. The molecule has 1 aromatic heterocycles. The third-order valence-corrected chi connectivity index (χ3v) is 3.33. The van der Waals surface area contributed by atoms with Gasteiger partial charge in [0.1, 0.15) is 10.8 Å². The Balaban J connectivity index is 1.96. The van der Waals surface area contributed by atoms with Crippen LogP contribution in [0.1, 0.15) is 18.9 Å². The summed E-state index contributed by atoms with van der Waals surface area (Å²) in [4.78, 5) is 4.67. The van der Waals surface area contributed by atoms with Crippen LogP contribution in [-0.2, 0) is 4.74 Å². The van der Waals surface area contributed by atoms with E-state index in [1.807, 2.05) is 12.1 Å². The van der Waals surface area contributed by atoms with Crippen molar-refractivity contribution in [1.29, 1.82) is 0 Å². The molecule has 1 aliphatic heterocycles. The Kier molecular flexibility index (Phi) is 3.91. The summed E-state index contributed by atoms with van der Waals surface area (Å²) in [5, 5.41) is 3.37. The monoisotopic (exact) mass is 251 g/mol. The van der Waals surface area contributed by atoms with Crippen molar-refractivity contribution in [3.63, 3.8) is 0 Å². The first-order chi connectivity index (χ1) is 8.16. The van der Waals surface area contributed by atoms with Gasteiger partial charge >= 0.3 is 0 Å². The predicted octanol–water partition coefficient (Wildman–Crippen LogP) is 1.55. The lowest BCUT2D eigenvalue weighted by atomic mass is 10.0. The Morgan fingerprint density at radius 2 is 2.47 bits per heavy atom. The van der Waals surface area contributed by atoms with Crippen molar-refractivity contribution < 1.29 is 4.74 Å². The number of nitrogens with one attached hydrogen (secondary N) is 1. The standard InChI is InChI=1S/C12H17N3OS/c1-8(10-4-5-16-7-10)15-11-3-2-9(6-14-11)12(13)17/h2-3,6,8,10H,4-5,7H2,1H3,(H2,13,17)(H,14,15). The van der Waals surface area contributed by atoms with Gasteiger partial charge in [0.15, 0.2) is 0 Å². The van der Waals surface area contributed by atoms with Gasteiger partial charge in [0.2, 0.25) is 0 Å². The summed E-state index contributed by atoms with van der Waals surface area (Å²) in [5.74, 6) is 1.41. The average Bonchev–Trinajstić information content (AvgIpc) is 2.83. The van der Waals surface area contributed by atoms with Crippen LogP contribution >= 0.6 is 12.2 Å². The molecular formula is C12H17N3OS. The van der Waals surface area contributed by atoms with Gasteiger partial charge in [-0.15, -0.1) is 0 Å². The molecule has 1 aromatic rings. The first kappa shape index (κ1) is 12.3. The second kappa shape index (κ2) is 5.42. The maximum Gasteiger partial charge on any atom is 0.126 e. The van der Waals surface area contributed by atoms with E-state index >= 15 is 0 Å². The molecule has 92 valence electrons. The molecule has 2 unspecified atom stereocenters. The minimum absolute atomic E-state index is 0.362. The van der Waals surface area contributed by atoms with E-state index in [1.165, 1.54) is 0 Å². The summed E-state index contributed by atoms with van der Waals surface area (Å²) in [7, 11) is 0. The lowest BCUT2D eigenvalue weighted by molar-refractivity contribution is 0.183. The van der Waals surface area contributed by atoms with E-state index < -0.39 is 0 Å². The second-order valence-corrected chi connectivity index (χ2v) is 4.79. The molecule has 0 amide bonds. The molecule has 4 nitrogen and oxygen atoms in total. The number of rotatable bonds is 4. The number of pyridine rings is 1. The largest absolute Gasteiger partial charge is 0.389 e. The van der Waals surface area contributed by atoms with Crippen LogP contribution in [0, 0.1) is 5.92 Å². The van der Waals surface area contributed by atoms with Gasteiger partial charge in [0, 0.05) is 30.3 Å². The molecule has 2 rings (SSSR count). The van der Waals surface area contributed by atoms with Crippen LogP contribution < -0.4 is 11.1 Å². The molecule has 3 N–H and O–H groups in total. The molecule has 0 saturated carbocycles. The molecule has 0 spiro atoms. The Bertz CT molecular complexity index is 387. The Morgan fingerprint density at radius 3 is 3.00 bits per heavy atom. The van der Waals surface area contributed by atoms with Crippen molar-refractivity contribution in [2.24, 2.45) is 11.7 Å². The number of ether oxygens (including phenoxy) is 1. The number of anilines is 1. The lowest BCUT2D eigenvalue weighted by Gasteiger charge is -2.19. The van der Waals surface area contributed by atoms with Crippen LogP contribution in [-0.4, -0.2) is 29.2 Å². The normalized spacial score (nSPS) is 21.1. The van der Waals surface area contributed by atoms with Crippen molar-refractivity contribution in [3.8, 4) is 0 Å². The highest BCUT2D eigenvalue weighted by Crippen LogP contribution is 2.19. The summed E-state index contributed by atoms with van der Waals surface area (Å²) in [6.45, 7) is 3.85. The van der Waals surface area contributed by atoms with E-state index in [2.05, 4.69) is 17.2 Å². The fourth-order valence-electron chi connectivity index (χ4n) is 1.92. The summed E-state index contributed by atoms with van der Waals surface area (Å²) >= 11 is 4.88. The zero-order valence-corrected chi connectivity index (χ0v) is 10.7. The van der Waals surface area contributed by atoms with Crippen molar-refractivity contribution in [2.45, 2.75) is 19.4 Å². The summed E-state index contributed by atoms with van der Waals surface area (Å²) < 4.78 is 5.37. The van der Waals surface area contributed by atoms with Crippen molar-refractivity contribution in [3.05, 3.63) is 23.9 Å². The lowest BCUT2D eigenvalue weighted by Crippen LogP contribution is -2.26. The number of aromatic nitrogens is 1. The van der Waals surface area contributed by atoms with Gasteiger partial charge in [0.25, 0.3) is 0 Å². The molecule has 1 fully saturated rings. The zero-order valence-electron chi connectivity index (χ0n) is 9.85. The van der Waals surface area contributed by atoms with E-state index in [4.69, 9.17) is 22.7 Å². The van der Waals surface area contributed by atoms with E-state index in [0.29, 0.717) is 16.9 Å². The molecule has 0 aromatic carbocycles. The molecule has 0 aliphatic carbocycles. The highest BCUT2D eigenvalue weighted by Gasteiger charge is 2.22. The van der Waals surface area contributed by atoms with Gasteiger partial charge < -0.3 is 15.8 Å². The fourth-order valence-corrected chi connectivity index (χ4v) is 2.04. The Labute approximate surface area is 107 Å². The molecule has 0 bridgehead atoms.